The number of pyridine rings is 2. The number of amides is 1. The number of anilines is 1. The van der Waals surface area contributed by atoms with Gasteiger partial charge in [-0.2, -0.15) is 4.39 Å². The van der Waals surface area contributed by atoms with Crippen LogP contribution in [0, 0.1) is 5.95 Å². The number of nitrogens with one attached hydrogen (secondary N) is 1. The van der Waals surface area contributed by atoms with Crippen LogP contribution in [0.4, 0.5) is 10.1 Å². The molecule has 2 aromatic heterocycles. The highest BCUT2D eigenvalue weighted by molar-refractivity contribution is 6.05. The summed E-state index contributed by atoms with van der Waals surface area (Å²) in [6, 6.07) is 6.16. The van der Waals surface area contributed by atoms with Crippen molar-refractivity contribution in [2.75, 3.05) is 26.0 Å². The third-order valence-corrected chi connectivity index (χ3v) is 4.83. The van der Waals surface area contributed by atoms with E-state index in [9.17, 15) is 9.18 Å². The molecule has 0 radical (unpaired) electrons. The molecule has 162 valence electrons. The lowest BCUT2D eigenvalue weighted by Crippen LogP contribution is -2.34. The number of hydrogen-bond acceptors (Lipinski definition) is 7. The van der Waals surface area contributed by atoms with Gasteiger partial charge in [-0.05, 0) is 37.5 Å². The summed E-state index contributed by atoms with van der Waals surface area (Å²) in [5.41, 5.74) is 9.63. The minimum atomic E-state index is -0.608. The molecule has 2 aromatic rings. The number of aromatic nitrogens is 2. The van der Waals surface area contributed by atoms with Crippen molar-refractivity contribution >= 4 is 23.0 Å². The predicted octanol–water partition coefficient (Wildman–Crippen LogP) is 2.96. The molecule has 1 amide bonds. The molecule has 0 spiro atoms. The highest BCUT2D eigenvalue weighted by atomic mass is 19.1. The molecule has 31 heavy (non-hydrogen) atoms. The lowest BCUT2D eigenvalue weighted by atomic mass is 10.2. The van der Waals surface area contributed by atoms with Gasteiger partial charge in [0.15, 0.2) is 0 Å². The van der Waals surface area contributed by atoms with E-state index in [2.05, 4.69) is 26.9 Å². The van der Waals surface area contributed by atoms with Crippen molar-refractivity contribution in [1.82, 2.24) is 14.9 Å². The molecule has 0 bridgehead atoms. The molecule has 0 unspecified atom stereocenters. The molecule has 8 nitrogen and oxygen atoms in total. The first-order valence-corrected chi connectivity index (χ1v) is 9.75. The van der Waals surface area contributed by atoms with Crippen LogP contribution in [0.15, 0.2) is 59.6 Å². The number of nitrogens with two attached hydrogens (primary N) is 1. The summed E-state index contributed by atoms with van der Waals surface area (Å²) < 4.78 is 18.1. The molecule has 3 N–H and O–H groups in total. The number of ether oxygens (including phenoxy) is 1. The summed E-state index contributed by atoms with van der Waals surface area (Å²) in [6.07, 6.45) is 5.34. The molecule has 0 aliphatic heterocycles. The quantitative estimate of drug-likeness (QED) is 0.662. The van der Waals surface area contributed by atoms with E-state index in [0.29, 0.717) is 28.6 Å². The number of nitrogens with zero attached hydrogens (tertiary/aromatic N) is 4. The minimum Gasteiger partial charge on any atom is -0.497 e. The lowest BCUT2D eigenvalue weighted by molar-refractivity contribution is -0.116. The Balaban J connectivity index is 1.71. The number of rotatable bonds is 7. The Bertz CT molecular complexity index is 1030. The first-order chi connectivity index (χ1) is 14.9. The fourth-order valence-corrected chi connectivity index (χ4v) is 3.22. The van der Waals surface area contributed by atoms with Gasteiger partial charge in [0.2, 0.25) is 11.9 Å². The number of methoxy groups -OCH3 is 1. The van der Waals surface area contributed by atoms with Gasteiger partial charge in [-0.15, -0.1) is 0 Å². The smallest absolute Gasteiger partial charge is 0.243 e. The molecule has 0 aromatic carbocycles. The van der Waals surface area contributed by atoms with Gasteiger partial charge in [0, 0.05) is 30.6 Å². The standard InChI is InChI=1S/C22H25FN6O2/c1-14(19-11-16(31-3)9-10-25-19)27-18-6-4-5-17(18)22(24)29(2)13-21(30)28-15-7-8-20(23)26-12-15/h7-12H,1,4-6,13,24H2,2-3H3,(H,28,30)/b22-17+,27-18-. The van der Waals surface area contributed by atoms with Crippen molar-refractivity contribution in [1.29, 1.82) is 0 Å². The normalized spacial score (nSPS) is 16.2. The zero-order valence-corrected chi connectivity index (χ0v) is 17.6. The Hall–Kier alpha value is -3.75. The van der Waals surface area contributed by atoms with Crippen LogP contribution >= 0.6 is 0 Å². The SMILES string of the molecule is C=C(/N=C1/CCC/C1=C(/N)N(C)CC(=O)Nc1ccc(F)nc1)c1cc(OC)ccn1. The number of hydrogen-bond donors (Lipinski definition) is 2. The van der Waals surface area contributed by atoms with E-state index in [1.807, 2.05) is 0 Å². The Morgan fingerprint density at radius 1 is 1.35 bits per heavy atom. The van der Waals surface area contributed by atoms with E-state index in [-0.39, 0.29) is 12.5 Å². The minimum absolute atomic E-state index is 0.0262. The Morgan fingerprint density at radius 3 is 2.87 bits per heavy atom. The molecule has 1 aliphatic rings. The summed E-state index contributed by atoms with van der Waals surface area (Å²) in [4.78, 5) is 26.4. The molecule has 1 fully saturated rings. The Labute approximate surface area is 180 Å². The Morgan fingerprint density at radius 2 is 2.16 bits per heavy atom. The van der Waals surface area contributed by atoms with Crippen LogP contribution in [-0.2, 0) is 4.79 Å². The summed E-state index contributed by atoms with van der Waals surface area (Å²) in [5, 5.41) is 2.67. The van der Waals surface area contributed by atoms with E-state index in [1.165, 1.54) is 18.3 Å². The Kier molecular flexibility index (Phi) is 6.96. The molecule has 0 saturated heterocycles. The number of halogens is 1. The predicted molar refractivity (Wildman–Crippen MR) is 118 cm³/mol. The molecular formula is C22H25FN6O2. The topological polar surface area (TPSA) is 106 Å². The third kappa shape index (κ3) is 5.65. The van der Waals surface area contributed by atoms with Crippen LogP contribution in [0.3, 0.4) is 0 Å². The maximum Gasteiger partial charge on any atom is 0.243 e. The third-order valence-electron chi connectivity index (χ3n) is 4.83. The van der Waals surface area contributed by atoms with Crippen LogP contribution in [0.2, 0.25) is 0 Å². The van der Waals surface area contributed by atoms with Gasteiger partial charge < -0.3 is 20.7 Å². The summed E-state index contributed by atoms with van der Waals surface area (Å²) >= 11 is 0. The van der Waals surface area contributed by atoms with Crippen molar-refractivity contribution in [3.05, 3.63) is 66.3 Å². The highest BCUT2D eigenvalue weighted by Gasteiger charge is 2.22. The van der Waals surface area contributed by atoms with Gasteiger partial charge in [-0.3, -0.25) is 14.8 Å². The average molecular weight is 424 g/mol. The molecule has 3 rings (SSSR count). The number of carbonyl (C=O) groups excluding carboxylic acids is 1. The van der Waals surface area contributed by atoms with Crippen LogP contribution in [0.25, 0.3) is 5.70 Å². The summed E-state index contributed by atoms with van der Waals surface area (Å²) in [6.45, 7) is 4.05. The number of likely N-dealkylation sites (N-methyl/N-ethyl adjacent to an activating group) is 1. The fourth-order valence-electron chi connectivity index (χ4n) is 3.22. The van der Waals surface area contributed by atoms with Crippen LogP contribution < -0.4 is 15.8 Å². The second-order valence-corrected chi connectivity index (χ2v) is 7.08. The van der Waals surface area contributed by atoms with Crippen molar-refractivity contribution in [2.24, 2.45) is 10.7 Å². The maximum atomic E-state index is 12.9. The zero-order chi connectivity index (χ0) is 22.4. The van der Waals surface area contributed by atoms with Crippen molar-refractivity contribution in [3.8, 4) is 5.75 Å². The molecular weight excluding hydrogens is 399 g/mol. The van der Waals surface area contributed by atoms with Crippen LogP contribution in [0.5, 0.6) is 5.75 Å². The first kappa shape index (κ1) is 21.9. The molecule has 1 aliphatic carbocycles. The van der Waals surface area contributed by atoms with E-state index < -0.39 is 5.95 Å². The number of aliphatic imine (C=N–C) groups is 1. The second kappa shape index (κ2) is 9.84. The molecule has 2 heterocycles. The molecule has 9 heteroatoms. The van der Waals surface area contributed by atoms with E-state index in [4.69, 9.17) is 10.5 Å². The van der Waals surface area contributed by atoms with Crippen molar-refractivity contribution in [3.63, 3.8) is 0 Å². The number of carbonyl (C=O) groups is 1. The summed E-state index contributed by atoms with van der Waals surface area (Å²) in [7, 11) is 3.32. The van der Waals surface area contributed by atoms with Crippen LogP contribution in [0.1, 0.15) is 25.0 Å². The van der Waals surface area contributed by atoms with Crippen LogP contribution in [-0.4, -0.2) is 47.2 Å². The monoisotopic (exact) mass is 424 g/mol. The van der Waals surface area contributed by atoms with Gasteiger partial charge in [-0.1, -0.05) is 6.58 Å². The largest absolute Gasteiger partial charge is 0.497 e. The van der Waals surface area contributed by atoms with Gasteiger partial charge in [0.1, 0.15) is 11.6 Å². The van der Waals surface area contributed by atoms with E-state index in [0.717, 1.165) is 30.5 Å². The fraction of sp³-hybridized carbons (Fsp3) is 0.273. The van der Waals surface area contributed by atoms with Gasteiger partial charge in [0.05, 0.1) is 36.9 Å². The number of allylic oxidation sites excluding steroid dienone is 1. The van der Waals surface area contributed by atoms with Gasteiger partial charge in [0.25, 0.3) is 0 Å². The molecule has 0 atom stereocenters. The van der Waals surface area contributed by atoms with E-state index >= 15 is 0 Å². The highest BCUT2D eigenvalue weighted by Crippen LogP contribution is 2.27. The molecule has 1 saturated carbocycles. The first-order valence-electron chi connectivity index (χ1n) is 9.75. The van der Waals surface area contributed by atoms with Gasteiger partial charge in [-0.25, -0.2) is 4.98 Å². The maximum absolute atomic E-state index is 12.9. The van der Waals surface area contributed by atoms with E-state index in [1.54, 1.807) is 37.4 Å². The lowest BCUT2D eigenvalue weighted by Gasteiger charge is -2.21. The van der Waals surface area contributed by atoms with Crippen molar-refractivity contribution in [2.45, 2.75) is 19.3 Å². The van der Waals surface area contributed by atoms with Crippen molar-refractivity contribution < 1.29 is 13.9 Å². The summed E-state index contributed by atoms with van der Waals surface area (Å²) in [5.74, 6) is 0.258. The average Bonchev–Trinajstić information content (AvgIpc) is 3.22. The second-order valence-electron chi connectivity index (χ2n) is 7.08. The zero-order valence-electron chi connectivity index (χ0n) is 17.6. The van der Waals surface area contributed by atoms with Gasteiger partial charge >= 0.3 is 0 Å².